The summed E-state index contributed by atoms with van der Waals surface area (Å²) in [5, 5.41) is 0. The van der Waals surface area contributed by atoms with Crippen LogP contribution in [0.1, 0.15) is 21.5 Å². The number of carbonyl (C=O) groups is 1. The van der Waals surface area contributed by atoms with Gasteiger partial charge in [0.05, 0.1) is 0 Å². The summed E-state index contributed by atoms with van der Waals surface area (Å²) < 4.78 is 14.5. The van der Waals surface area contributed by atoms with Gasteiger partial charge < -0.3 is 4.90 Å². The number of halogens is 1. The van der Waals surface area contributed by atoms with Crippen molar-refractivity contribution in [2.24, 2.45) is 5.84 Å². The molecular weight excluding hydrogens is 343 g/mol. The number of rotatable bonds is 6. The molecule has 1 heterocycles. The van der Waals surface area contributed by atoms with Crippen LogP contribution in [0.15, 0.2) is 48.5 Å². The minimum atomic E-state index is -0.484. The molecule has 0 spiro atoms. The Kier molecular flexibility index (Phi) is 6.55. The van der Waals surface area contributed by atoms with E-state index in [2.05, 4.69) is 41.1 Å². The number of hydrogen-bond acceptors (Lipinski definition) is 4. The summed E-state index contributed by atoms with van der Waals surface area (Å²) in [5.74, 6) is 4.28. The van der Waals surface area contributed by atoms with Gasteiger partial charge in [-0.15, -0.1) is 0 Å². The molecule has 3 rings (SSSR count). The summed E-state index contributed by atoms with van der Waals surface area (Å²) in [4.78, 5) is 16.3. The number of nitrogens with zero attached hydrogens (tertiary/aromatic N) is 2. The predicted octanol–water partition coefficient (Wildman–Crippen LogP) is 1.83. The summed E-state index contributed by atoms with van der Waals surface area (Å²) >= 11 is 0. The minimum Gasteiger partial charge on any atom is -0.304 e. The van der Waals surface area contributed by atoms with Gasteiger partial charge in [0.25, 0.3) is 5.91 Å². The highest BCUT2D eigenvalue weighted by Gasteiger charge is 2.26. The Hall–Kier alpha value is -2.28. The van der Waals surface area contributed by atoms with Crippen LogP contribution in [0.25, 0.3) is 0 Å². The van der Waals surface area contributed by atoms with Gasteiger partial charge in [-0.3, -0.25) is 15.1 Å². The first-order valence-corrected chi connectivity index (χ1v) is 9.32. The predicted molar refractivity (Wildman–Crippen MR) is 105 cm³/mol. The fourth-order valence-corrected chi connectivity index (χ4v) is 3.64. The number of hydrogen-bond donors (Lipinski definition) is 2. The smallest absolute Gasteiger partial charge is 0.265 e. The van der Waals surface area contributed by atoms with E-state index in [1.54, 1.807) is 12.1 Å². The lowest BCUT2D eigenvalue weighted by Gasteiger charge is -2.40. The number of carbonyl (C=O) groups excluding carboxylic acids is 1. The number of nitrogens with one attached hydrogen (secondary N) is 1. The van der Waals surface area contributed by atoms with Gasteiger partial charge in [-0.1, -0.05) is 36.4 Å². The summed E-state index contributed by atoms with van der Waals surface area (Å²) in [6.45, 7) is 3.85. The largest absolute Gasteiger partial charge is 0.304 e. The summed E-state index contributed by atoms with van der Waals surface area (Å²) in [7, 11) is 2.10. The van der Waals surface area contributed by atoms with E-state index in [1.165, 1.54) is 11.6 Å². The summed E-state index contributed by atoms with van der Waals surface area (Å²) in [6.07, 6.45) is 1.61. The van der Waals surface area contributed by atoms with E-state index >= 15 is 0 Å². The van der Waals surface area contributed by atoms with E-state index in [0.717, 1.165) is 32.6 Å². The Balaban J connectivity index is 1.69. The van der Waals surface area contributed by atoms with E-state index in [1.807, 2.05) is 11.5 Å². The van der Waals surface area contributed by atoms with Crippen molar-refractivity contribution >= 4 is 5.91 Å². The zero-order chi connectivity index (χ0) is 19.2. The lowest BCUT2D eigenvalue weighted by atomic mass is 9.99. The van der Waals surface area contributed by atoms with E-state index in [-0.39, 0.29) is 17.4 Å². The number of nitrogen functional groups attached to an aromatic ring is 1. The van der Waals surface area contributed by atoms with Gasteiger partial charge in [0.2, 0.25) is 0 Å². The van der Waals surface area contributed by atoms with Gasteiger partial charge in [0.1, 0.15) is 5.82 Å². The molecule has 1 amide bonds. The number of likely N-dealkylation sites (N-methyl/N-ethyl adjacent to an activating group) is 1. The second kappa shape index (κ2) is 9.08. The number of benzene rings is 2. The molecule has 0 radical (unpaired) electrons. The first kappa shape index (κ1) is 19.5. The zero-order valence-electron chi connectivity index (χ0n) is 15.7. The van der Waals surface area contributed by atoms with Crippen molar-refractivity contribution in [3.05, 3.63) is 71.0 Å². The van der Waals surface area contributed by atoms with Crippen molar-refractivity contribution in [2.45, 2.75) is 18.9 Å². The maximum Gasteiger partial charge on any atom is 0.265 e. The molecule has 1 atom stereocenters. The quantitative estimate of drug-likeness (QED) is 0.463. The lowest BCUT2D eigenvalue weighted by molar-refractivity contribution is 0.0904. The molecule has 0 aromatic heterocycles. The van der Waals surface area contributed by atoms with Crippen LogP contribution in [0.2, 0.25) is 0 Å². The van der Waals surface area contributed by atoms with Crippen LogP contribution in [0.4, 0.5) is 4.39 Å². The lowest BCUT2D eigenvalue weighted by Crippen LogP contribution is -2.53. The molecule has 144 valence electrons. The van der Waals surface area contributed by atoms with Crippen LogP contribution >= 0.6 is 0 Å². The molecule has 1 aliphatic rings. The second-order valence-corrected chi connectivity index (χ2v) is 7.17. The van der Waals surface area contributed by atoms with Crippen molar-refractivity contribution in [2.75, 3.05) is 33.2 Å². The van der Waals surface area contributed by atoms with Crippen LogP contribution in [-0.4, -0.2) is 55.0 Å². The number of hydrazine groups is 1. The molecule has 1 saturated heterocycles. The maximum absolute atomic E-state index is 14.5. The van der Waals surface area contributed by atoms with E-state index in [9.17, 15) is 9.18 Å². The Bertz CT molecular complexity index is 768. The van der Waals surface area contributed by atoms with Gasteiger partial charge in [-0.2, -0.15) is 0 Å². The molecule has 6 heteroatoms. The third-order valence-corrected chi connectivity index (χ3v) is 5.24. The van der Waals surface area contributed by atoms with Crippen LogP contribution in [0.5, 0.6) is 0 Å². The van der Waals surface area contributed by atoms with Crippen molar-refractivity contribution in [3.8, 4) is 0 Å². The number of piperazine rings is 1. The van der Waals surface area contributed by atoms with Gasteiger partial charge in [-0.05, 0) is 43.1 Å². The normalized spacial score (nSPS) is 18.4. The maximum atomic E-state index is 14.5. The first-order chi connectivity index (χ1) is 13.1. The van der Waals surface area contributed by atoms with Gasteiger partial charge in [-0.25, -0.2) is 10.2 Å². The number of nitrogens with two attached hydrogens (primary N) is 1. The number of amides is 1. The van der Waals surface area contributed by atoms with Crippen LogP contribution < -0.4 is 11.3 Å². The molecule has 1 fully saturated rings. The molecule has 27 heavy (non-hydrogen) atoms. The van der Waals surface area contributed by atoms with Crippen LogP contribution in [0.3, 0.4) is 0 Å². The fraction of sp³-hybridized carbons (Fsp3) is 0.381. The minimum absolute atomic E-state index is 0.237. The Morgan fingerprint density at radius 1 is 1.22 bits per heavy atom. The molecule has 2 aromatic rings. The summed E-state index contributed by atoms with van der Waals surface area (Å²) in [6, 6.07) is 15.3. The second-order valence-electron chi connectivity index (χ2n) is 7.17. The first-order valence-electron chi connectivity index (χ1n) is 9.32. The summed E-state index contributed by atoms with van der Waals surface area (Å²) in [5.41, 5.74) is 4.22. The fourth-order valence-electron chi connectivity index (χ4n) is 3.64. The molecule has 3 N–H and O–H groups in total. The average Bonchev–Trinajstić information content (AvgIpc) is 2.69. The molecular formula is C21H27FN4O. The Morgan fingerprint density at radius 2 is 2.00 bits per heavy atom. The molecule has 1 aliphatic heterocycles. The third kappa shape index (κ3) is 5.13. The van der Waals surface area contributed by atoms with E-state index < -0.39 is 5.91 Å². The molecule has 0 aliphatic carbocycles. The molecule has 0 bridgehead atoms. The SMILES string of the molecule is CN1CCN(CCc2ccccc2)C(Cc2ccc(C(=O)NN)cc2F)C1. The molecule has 0 saturated carbocycles. The van der Waals surface area contributed by atoms with Crippen molar-refractivity contribution in [1.29, 1.82) is 0 Å². The van der Waals surface area contributed by atoms with Gasteiger partial charge in [0.15, 0.2) is 0 Å². The highest BCUT2D eigenvalue weighted by Crippen LogP contribution is 2.18. The van der Waals surface area contributed by atoms with Gasteiger partial charge in [0, 0.05) is 37.8 Å². The highest BCUT2D eigenvalue weighted by atomic mass is 19.1. The topological polar surface area (TPSA) is 61.6 Å². The molecule has 1 unspecified atom stereocenters. The van der Waals surface area contributed by atoms with Crippen LogP contribution in [-0.2, 0) is 12.8 Å². The van der Waals surface area contributed by atoms with E-state index in [4.69, 9.17) is 5.84 Å². The van der Waals surface area contributed by atoms with Crippen molar-refractivity contribution < 1.29 is 9.18 Å². The third-order valence-electron chi connectivity index (χ3n) is 5.24. The highest BCUT2D eigenvalue weighted by molar-refractivity contribution is 5.93. The average molecular weight is 370 g/mol. The van der Waals surface area contributed by atoms with Crippen molar-refractivity contribution in [1.82, 2.24) is 15.2 Å². The monoisotopic (exact) mass is 370 g/mol. The van der Waals surface area contributed by atoms with Crippen molar-refractivity contribution in [3.63, 3.8) is 0 Å². The van der Waals surface area contributed by atoms with E-state index in [0.29, 0.717) is 12.0 Å². The Morgan fingerprint density at radius 3 is 2.70 bits per heavy atom. The zero-order valence-corrected chi connectivity index (χ0v) is 15.7. The van der Waals surface area contributed by atoms with Crippen LogP contribution in [0, 0.1) is 5.82 Å². The molecule has 5 nitrogen and oxygen atoms in total. The Labute approximate surface area is 159 Å². The molecule has 2 aromatic carbocycles. The van der Waals surface area contributed by atoms with Gasteiger partial charge >= 0.3 is 0 Å². The standard InChI is InChI=1S/C21H27FN4O/c1-25-11-12-26(10-9-16-5-3-2-4-6-16)19(15-25)13-17-7-8-18(14-20(17)22)21(27)24-23/h2-8,14,19H,9-13,15,23H2,1H3,(H,24,27).